The molecule has 2 fully saturated rings. The van der Waals surface area contributed by atoms with Crippen LogP contribution in [0.1, 0.15) is 71.5 Å². The summed E-state index contributed by atoms with van der Waals surface area (Å²) < 4.78 is 50.4. The minimum absolute atomic E-state index is 0.00558. The van der Waals surface area contributed by atoms with Crippen molar-refractivity contribution >= 4 is 11.6 Å². The van der Waals surface area contributed by atoms with Gasteiger partial charge in [-0.3, -0.25) is 4.79 Å². The van der Waals surface area contributed by atoms with Crippen molar-refractivity contribution in [2.24, 2.45) is 13.0 Å². The summed E-state index contributed by atoms with van der Waals surface area (Å²) in [5.41, 5.74) is 0.521. The Kier molecular flexibility index (Phi) is 6.90. The van der Waals surface area contributed by atoms with Gasteiger partial charge in [0, 0.05) is 48.6 Å². The zero-order chi connectivity index (χ0) is 29.9. The molecule has 220 valence electrons. The van der Waals surface area contributed by atoms with Crippen LogP contribution in [0.15, 0.2) is 42.7 Å². The predicted molar refractivity (Wildman–Crippen MR) is 148 cm³/mol. The van der Waals surface area contributed by atoms with Gasteiger partial charge in [-0.05, 0) is 74.1 Å². The maximum atomic E-state index is 14.3. The first-order chi connectivity index (χ1) is 19.9. The van der Waals surface area contributed by atoms with Crippen molar-refractivity contribution in [2.75, 3.05) is 11.5 Å². The van der Waals surface area contributed by atoms with Gasteiger partial charge in [-0.25, -0.2) is 0 Å². The van der Waals surface area contributed by atoms with Gasteiger partial charge in [0.15, 0.2) is 0 Å². The fourth-order valence-electron chi connectivity index (χ4n) is 6.69. The Labute approximate surface area is 242 Å². The van der Waals surface area contributed by atoms with Gasteiger partial charge in [-0.1, -0.05) is 12.1 Å². The van der Waals surface area contributed by atoms with Crippen LogP contribution in [0.25, 0.3) is 0 Å². The number of nitriles is 1. The first kappa shape index (κ1) is 28.4. The van der Waals surface area contributed by atoms with E-state index in [1.54, 1.807) is 18.5 Å². The number of aromatic nitrogens is 3. The molecule has 3 heterocycles. The summed E-state index contributed by atoms with van der Waals surface area (Å²) in [5, 5.41) is 21.0. The molecule has 1 aromatic heterocycles. The number of fused-ring (bicyclic) bond motifs is 1. The number of rotatable bonds is 7. The van der Waals surface area contributed by atoms with E-state index in [0.29, 0.717) is 37.1 Å². The molecule has 1 N–H and O–H groups in total. The van der Waals surface area contributed by atoms with Gasteiger partial charge in [0.1, 0.15) is 12.2 Å². The predicted octanol–water partition coefficient (Wildman–Crippen LogP) is 5.07. The van der Waals surface area contributed by atoms with Crippen molar-refractivity contribution in [1.82, 2.24) is 20.1 Å². The zero-order valence-electron chi connectivity index (χ0n) is 23.8. The zero-order valence-corrected chi connectivity index (χ0v) is 23.8. The number of carbonyl (C=O) groups excluding carboxylic acids is 1. The number of amides is 1. The Morgan fingerprint density at radius 3 is 2.62 bits per heavy atom. The monoisotopic (exact) mass is 578 g/mol. The van der Waals surface area contributed by atoms with E-state index >= 15 is 0 Å². The summed E-state index contributed by atoms with van der Waals surface area (Å²) >= 11 is 0. The van der Waals surface area contributed by atoms with E-state index in [0.717, 1.165) is 23.9 Å². The van der Waals surface area contributed by atoms with Crippen LogP contribution in [0.4, 0.5) is 18.9 Å². The summed E-state index contributed by atoms with van der Waals surface area (Å²) in [6.45, 7) is 4.49. The highest BCUT2D eigenvalue weighted by molar-refractivity contribution is 6.10. The normalized spacial score (nSPS) is 24.9. The summed E-state index contributed by atoms with van der Waals surface area (Å²) in [7, 11) is 1.87. The van der Waals surface area contributed by atoms with Crippen LogP contribution in [0.3, 0.4) is 0 Å². The van der Waals surface area contributed by atoms with Crippen molar-refractivity contribution in [1.29, 1.82) is 5.26 Å². The Hall–Kier alpha value is -3.75. The van der Waals surface area contributed by atoms with E-state index in [-0.39, 0.29) is 47.2 Å². The van der Waals surface area contributed by atoms with Gasteiger partial charge in [0.05, 0.1) is 30.4 Å². The van der Waals surface area contributed by atoms with Gasteiger partial charge in [0.25, 0.3) is 5.91 Å². The first-order valence-electron chi connectivity index (χ1n) is 14.1. The molecule has 1 unspecified atom stereocenters. The van der Waals surface area contributed by atoms with Crippen LogP contribution in [-0.4, -0.2) is 38.9 Å². The number of carbonyl (C=O) groups is 1. The summed E-state index contributed by atoms with van der Waals surface area (Å²) in [4.78, 5) is 15.1. The molecular formula is C31H33F3N6O2. The van der Waals surface area contributed by atoms with Gasteiger partial charge in [-0.2, -0.15) is 18.4 Å². The van der Waals surface area contributed by atoms with Crippen LogP contribution < -0.4 is 10.2 Å². The number of hydrogen-bond donors (Lipinski definition) is 1. The summed E-state index contributed by atoms with van der Waals surface area (Å²) in [6, 6.07) is 12.5. The standard InChI is InChI=1S/C31H33F3N6O2/c1-29(2)12-22(17-42-29)36-15-19-7-24-25(26(8-19)31(32,33)34)16-40(28(24)41)23-6-4-5-21(9-23)30(10-20(11-30)14-35)13-27-38-37-18-39(27)3/h4-9,18,20,22,36H,10-13,15-17H2,1-3H3. The topological polar surface area (TPSA) is 96.1 Å². The van der Waals surface area contributed by atoms with Crippen molar-refractivity contribution in [3.63, 3.8) is 0 Å². The molecule has 1 atom stereocenters. The lowest BCUT2D eigenvalue weighted by Gasteiger charge is -2.45. The van der Waals surface area contributed by atoms with Crippen molar-refractivity contribution in [2.45, 2.75) is 75.9 Å². The molecule has 0 bridgehead atoms. The average Bonchev–Trinajstić information content (AvgIpc) is 3.59. The van der Waals surface area contributed by atoms with Gasteiger partial charge in [0.2, 0.25) is 0 Å². The second-order valence-corrected chi connectivity index (χ2v) is 12.5. The van der Waals surface area contributed by atoms with Crippen molar-refractivity contribution in [3.8, 4) is 6.07 Å². The van der Waals surface area contributed by atoms with E-state index in [1.165, 1.54) is 4.90 Å². The molecule has 1 aliphatic carbocycles. The maximum Gasteiger partial charge on any atom is 0.416 e. The highest BCUT2D eigenvalue weighted by Gasteiger charge is 2.47. The highest BCUT2D eigenvalue weighted by atomic mass is 19.4. The van der Waals surface area contributed by atoms with Crippen LogP contribution in [-0.2, 0) is 42.9 Å². The van der Waals surface area contributed by atoms with Crippen LogP contribution in [0, 0.1) is 17.2 Å². The number of alkyl halides is 3. The highest BCUT2D eigenvalue weighted by Crippen LogP contribution is 2.50. The molecule has 1 saturated heterocycles. The smallest absolute Gasteiger partial charge is 0.374 e. The molecule has 8 nitrogen and oxygen atoms in total. The SMILES string of the molecule is Cn1cnnc1CC1(c2cccc(N3Cc4c(cc(CNC5COC(C)(C)C5)cc4C(F)(F)F)C3=O)c2)CC(C#N)C1. The number of ether oxygens (including phenoxy) is 1. The minimum atomic E-state index is -4.60. The fraction of sp³-hybridized carbons (Fsp3) is 0.484. The Morgan fingerprint density at radius 2 is 1.98 bits per heavy atom. The second kappa shape index (κ2) is 10.2. The van der Waals surface area contributed by atoms with Crippen LogP contribution in [0.5, 0.6) is 0 Å². The van der Waals surface area contributed by atoms with E-state index in [4.69, 9.17) is 4.74 Å². The van der Waals surface area contributed by atoms with Gasteiger partial charge in [-0.15, -0.1) is 10.2 Å². The number of hydrogen-bond acceptors (Lipinski definition) is 6. The third-order valence-electron chi connectivity index (χ3n) is 8.94. The van der Waals surface area contributed by atoms with Crippen molar-refractivity contribution in [3.05, 3.63) is 76.4 Å². The Morgan fingerprint density at radius 1 is 1.19 bits per heavy atom. The molecule has 6 rings (SSSR count). The largest absolute Gasteiger partial charge is 0.416 e. The summed E-state index contributed by atoms with van der Waals surface area (Å²) in [6.07, 6.45) is -0.394. The van der Waals surface area contributed by atoms with Crippen LogP contribution >= 0.6 is 0 Å². The number of nitrogens with one attached hydrogen (secondary N) is 1. The molecule has 2 aliphatic heterocycles. The minimum Gasteiger partial charge on any atom is -0.374 e. The molecule has 0 radical (unpaired) electrons. The number of halogens is 3. The molecule has 3 aliphatic rings. The molecule has 42 heavy (non-hydrogen) atoms. The van der Waals surface area contributed by atoms with Crippen LogP contribution in [0.2, 0.25) is 0 Å². The molecule has 3 aromatic rings. The Balaban J connectivity index is 1.29. The third kappa shape index (κ3) is 5.18. The second-order valence-electron chi connectivity index (χ2n) is 12.5. The van der Waals surface area contributed by atoms with E-state index in [1.807, 2.05) is 43.7 Å². The molecule has 2 aromatic carbocycles. The van der Waals surface area contributed by atoms with E-state index in [2.05, 4.69) is 21.6 Å². The lowest BCUT2D eigenvalue weighted by atomic mass is 9.57. The number of anilines is 1. The van der Waals surface area contributed by atoms with Gasteiger partial charge >= 0.3 is 6.18 Å². The average molecular weight is 579 g/mol. The van der Waals surface area contributed by atoms with Crippen molar-refractivity contribution < 1.29 is 22.7 Å². The molecule has 1 saturated carbocycles. The quantitative estimate of drug-likeness (QED) is 0.421. The lowest BCUT2D eigenvalue weighted by Crippen LogP contribution is -2.43. The Bertz CT molecular complexity index is 1570. The number of benzene rings is 2. The molecular weight excluding hydrogens is 545 g/mol. The van der Waals surface area contributed by atoms with Gasteiger partial charge < -0.3 is 19.5 Å². The van der Waals surface area contributed by atoms with E-state index < -0.39 is 17.6 Å². The molecule has 11 heteroatoms. The molecule has 1 amide bonds. The lowest BCUT2D eigenvalue weighted by molar-refractivity contribution is -0.138. The maximum absolute atomic E-state index is 14.3. The first-order valence-corrected chi connectivity index (χ1v) is 14.1. The number of nitrogens with zero attached hydrogens (tertiary/aromatic N) is 5. The third-order valence-corrected chi connectivity index (χ3v) is 8.94. The fourth-order valence-corrected chi connectivity index (χ4v) is 6.69. The molecule has 0 spiro atoms. The van der Waals surface area contributed by atoms with E-state index in [9.17, 15) is 23.2 Å². The number of aryl methyl sites for hydroxylation is 1. The summed E-state index contributed by atoms with van der Waals surface area (Å²) in [5.74, 6) is 0.235.